The molecule has 0 bridgehead atoms. The fraction of sp³-hybridized carbons (Fsp3) is 0.688. The highest BCUT2D eigenvalue weighted by Gasteiger charge is 2.31. The maximum Gasteiger partial charge on any atom is 0.0416 e. The number of piperidine rings is 1. The van der Waals surface area contributed by atoms with Gasteiger partial charge < -0.3 is 5.32 Å². The molecule has 2 atom stereocenters. The molecule has 1 aromatic heterocycles. The normalized spacial score (nSPS) is 28.6. The lowest BCUT2D eigenvalue weighted by molar-refractivity contribution is 0.121. The van der Waals surface area contributed by atoms with Crippen LogP contribution in [0.1, 0.15) is 37.8 Å². The summed E-state index contributed by atoms with van der Waals surface area (Å²) in [6.45, 7) is 3.66. The van der Waals surface area contributed by atoms with E-state index in [-0.39, 0.29) is 0 Å². The second-order valence-corrected chi connectivity index (χ2v) is 5.87. The summed E-state index contributed by atoms with van der Waals surface area (Å²) in [4.78, 5) is 7.15. The van der Waals surface area contributed by atoms with E-state index in [2.05, 4.69) is 27.3 Å². The molecule has 0 spiro atoms. The fourth-order valence-corrected chi connectivity index (χ4v) is 3.59. The number of hydrogen-bond acceptors (Lipinski definition) is 3. The van der Waals surface area contributed by atoms with Crippen LogP contribution in [0.3, 0.4) is 0 Å². The second-order valence-electron chi connectivity index (χ2n) is 5.87. The molecule has 3 nitrogen and oxygen atoms in total. The summed E-state index contributed by atoms with van der Waals surface area (Å²) in [6.07, 6.45) is 9.86. The van der Waals surface area contributed by atoms with Gasteiger partial charge in [-0.1, -0.05) is 12.5 Å². The predicted octanol–water partition coefficient (Wildman–Crippen LogP) is 2.23. The summed E-state index contributed by atoms with van der Waals surface area (Å²) in [6, 6.07) is 7.74. The van der Waals surface area contributed by atoms with E-state index in [0.29, 0.717) is 0 Å². The highest BCUT2D eigenvalue weighted by molar-refractivity contribution is 5.04. The van der Waals surface area contributed by atoms with E-state index in [1.165, 1.54) is 57.4 Å². The van der Waals surface area contributed by atoms with Crippen LogP contribution in [0.15, 0.2) is 24.4 Å². The number of hydrogen-bond donors (Lipinski definition) is 1. The molecule has 2 saturated heterocycles. The summed E-state index contributed by atoms with van der Waals surface area (Å²) >= 11 is 0. The van der Waals surface area contributed by atoms with Crippen LogP contribution in [0.5, 0.6) is 0 Å². The number of rotatable bonds is 4. The Labute approximate surface area is 116 Å². The van der Waals surface area contributed by atoms with E-state index in [1.54, 1.807) is 0 Å². The summed E-state index contributed by atoms with van der Waals surface area (Å²) in [5.41, 5.74) is 1.23. The first-order valence-corrected chi connectivity index (χ1v) is 7.81. The lowest BCUT2D eigenvalue weighted by Crippen LogP contribution is -2.50. The molecule has 0 amide bonds. The summed E-state index contributed by atoms with van der Waals surface area (Å²) in [5.74, 6) is 0. The third-order valence-corrected chi connectivity index (χ3v) is 4.61. The Hall–Kier alpha value is -0.930. The highest BCUT2D eigenvalue weighted by atomic mass is 15.2. The van der Waals surface area contributed by atoms with Gasteiger partial charge in [0.1, 0.15) is 0 Å². The van der Waals surface area contributed by atoms with Gasteiger partial charge >= 0.3 is 0 Å². The maximum atomic E-state index is 4.44. The zero-order valence-electron chi connectivity index (χ0n) is 11.7. The zero-order valence-corrected chi connectivity index (χ0v) is 11.7. The molecule has 1 N–H and O–H groups in total. The third-order valence-electron chi connectivity index (χ3n) is 4.61. The molecule has 104 valence electrons. The molecule has 3 heteroatoms. The smallest absolute Gasteiger partial charge is 0.0416 e. The molecule has 19 heavy (non-hydrogen) atoms. The first kappa shape index (κ1) is 13.1. The molecular formula is C16H25N3. The molecule has 2 aliphatic rings. The Morgan fingerprint density at radius 1 is 1.21 bits per heavy atom. The summed E-state index contributed by atoms with van der Waals surface area (Å²) < 4.78 is 0. The van der Waals surface area contributed by atoms with Crippen molar-refractivity contribution in [3.8, 4) is 0 Å². The van der Waals surface area contributed by atoms with Crippen LogP contribution >= 0.6 is 0 Å². The molecule has 0 aromatic carbocycles. The molecular weight excluding hydrogens is 234 g/mol. The standard InChI is InChI=1S/C16H25N3/c1-3-10-17-14(6-1)9-13-19-12-4-2-8-16(19)15-7-5-11-18-15/h1,3,6,10,15-16,18H,2,4-5,7-9,11-13H2. The van der Waals surface area contributed by atoms with Crippen LogP contribution in [-0.4, -0.2) is 41.6 Å². The molecule has 2 aliphatic heterocycles. The van der Waals surface area contributed by atoms with Gasteiger partial charge in [0.05, 0.1) is 0 Å². The van der Waals surface area contributed by atoms with Crippen molar-refractivity contribution in [2.24, 2.45) is 0 Å². The third kappa shape index (κ3) is 3.34. The minimum Gasteiger partial charge on any atom is -0.312 e. The summed E-state index contributed by atoms with van der Waals surface area (Å²) in [7, 11) is 0. The van der Waals surface area contributed by atoms with Gasteiger partial charge in [-0.3, -0.25) is 9.88 Å². The van der Waals surface area contributed by atoms with Gasteiger partial charge in [-0.2, -0.15) is 0 Å². The van der Waals surface area contributed by atoms with Gasteiger partial charge in [-0.25, -0.2) is 0 Å². The van der Waals surface area contributed by atoms with Gasteiger partial charge in [0, 0.05) is 36.9 Å². The Morgan fingerprint density at radius 3 is 3.00 bits per heavy atom. The highest BCUT2D eigenvalue weighted by Crippen LogP contribution is 2.24. The fourth-order valence-electron chi connectivity index (χ4n) is 3.59. The van der Waals surface area contributed by atoms with E-state index in [0.717, 1.165) is 18.5 Å². The zero-order chi connectivity index (χ0) is 12.9. The number of nitrogens with zero attached hydrogens (tertiary/aromatic N) is 2. The van der Waals surface area contributed by atoms with Crippen LogP contribution in [0.2, 0.25) is 0 Å². The molecule has 0 radical (unpaired) electrons. The molecule has 2 unspecified atom stereocenters. The minimum absolute atomic E-state index is 0.740. The lowest BCUT2D eigenvalue weighted by atomic mass is 9.94. The van der Waals surface area contributed by atoms with Crippen molar-refractivity contribution in [3.05, 3.63) is 30.1 Å². The average Bonchev–Trinajstić information content (AvgIpc) is 3.01. The topological polar surface area (TPSA) is 28.2 Å². The minimum atomic E-state index is 0.740. The van der Waals surface area contributed by atoms with E-state index in [9.17, 15) is 0 Å². The number of aromatic nitrogens is 1. The Morgan fingerprint density at radius 2 is 2.21 bits per heavy atom. The van der Waals surface area contributed by atoms with E-state index in [1.807, 2.05) is 12.3 Å². The van der Waals surface area contributed by atoms with Crippen LogP contribution in [0.25, 0.3) is 0 Å². The van der Waals surface area contributed by atoms with E-state index < -0.39 is 0 Å². The van der Waals surface area contributed by atoms with E-state index >= 15 is 0 Å². The Balaban J connectivity index is 1.57. The van der Waals surface area contributed by atoms with Gasteiger partial charge in [-0.15, -0.1) is 0 Å². The molecule has 3 rings (SSSR count). The maximum absolute atomic E-state index is 4.44. The first-order chi connectivity index (χ1) is 9.43. The molecule has 0 aliphatic carbocycles. The first-order valence-electron chi connectivity index (χ1n) is 7.81. The van der Waals surface area contributed by atoms with Crippen molar-refractivity contribution in [1.29, 1.82) is 0 Å². The van der Waals surface area contributed by atoms with Crippen molar-refractivity contribution in [2.45, 2.75) is 50.6 Å². The summed E-state index contributed by atoms with van der Waals surface area (Å²) in [5, 5.41) is 3.70. The van der Waals surface area contributed by atoms with Crippen molar-refractivity contribution in [3.63, 3.8) is 0 Å². The molecule has 3 heterocycles. The van der Waals surface area contributed by atoms with Crippen molar-refractivity contribution in [2.75, 3.05) is 19.6 Å². The number of nitrogens with one attached hydrogen (secondary N) is 1. The van der Waals surface area contributed by atoms with Crippen LogP contribution in [0.4, 0.5) is 0 Å². The quantitative estimate of drug-likeness (QED) is 0.899. The van der Waals surface area contributed by atoms with Crippen LogP contribution in [0, 0.1) is 0 Å². The Kier molecular flexibility index (Phi) is 4.46. The monoisotopic (exact) mass is 259 g/mol. The second kappa shape index (κ2) is 6.49. The van der Waals surface area contributed by atoms with E-state index in [4.69, 9.17) is 0 Å². The average molecular weight is 259 g/mol. The van der Waals surface area contributed by atoms with Gasteiger partial charge in [0.2, 0.25) is 0 Å². The number of likely N-dealkylation sites (tertiary alicyclic amines) is 1. The predicted molar refractivity (Wildman–Crippen MR) is 78.2 cm³/mol. The largest absolute Gasteiger partial charge is 0.312 e. The van der Waals surface area contributed by atoms with Crippen LogP contribution in [-0.2, 0) is 6.42 Å². The number of pyridine rings is 1. The molecule has 0 saturated carbocycles. The van der Waals surface area contributed by atoms with Gasteiger partial charge in [0.25, 0.3) is 0 Å². The molecule has 1 aromatic rings. The van der Waals surface area contributed by atoms with Crippen LogP contribution < -0.4 is 5.32 Å². The Bertz CT molecular complexity index is 373. The molecule has 2 fully saturated rings. The van der Waals surface area contributed by atoms with Crippen molar-refractivity contribution >= 4 is 0 Å². The SMILES string of the molecule is c1ccc(CCN2CCCCC2C2CCCN2)nc1. The van der Waals surface area contributed by atoms with Crippen molar-refractivity contribution < 1.29 is 0 Å². The lowest BCUT2D eigenvalue weighted by Gasteiger charge is -2.39. The van der Waals surface area contributed by atoms with Crippen molar-refractivity contribution in [1.82, 2.24) is 15.2 Å². The van der Waals surface area contributed by atoms with Gasteiger partial charge in [-0.05, 0) is 50.9 Å². The van der Waals surface area contributed by atoms with Gasteiger partial charge in [0.15, 0.2) is 0 Å².